The van der Waals surface area contributed by atoms with Crippen LogP contribution in [0, 0.1) is 38.4 Å². The summed E-state index contributed by atoms with van der Waals surface area (Å²) >= 11 is 0. The molecule has 2 N–H and O–H groups in total. The van der Waals surface area contributed by atoms with E-state index in [1.54, 1.807) is 5.57 Å². The zero-order chi connectivity index (χ0) is 24.7. The molecule has 188 valence electrons. The van der Waals surface area contributed by atoms with E-state index in [1.165, 1.54) is 38.5 Å². The lowest BCUT2D eigenvalue weighted by Gasteiger charge is -2.72. The zero-order valence-electron chi connectivity index (χ0n) is 23.1. The summed E-state index contributed by atoms with van der Waals surface area (Å²) in [4.78, 5) is 0. The van der Waals surface area contributed by atoms with E-state index in [0.29, 0.717) is 27.6 Å². The highest BCUT2D eigenvalue weighted by Gasteiger charge is 2.68. The SMILES string of the molecule is CC(C)(O)/C=C/C[C@]1(C)CC[C@]2(C)[C@H]3CC=C4C(C)(C)[C@@H](O)CC[C@@]4(C)[C@]3(C)CC[C@@]2(C)C1. The van der Waals surface area contributed by atoms with Crippen LogP contribution in [0.15, 0.2) is 23.8 Å². The van der Waals surface area contributed by atoms with Gasteiger partial charge in [-0.2, -0.15) is 0 Å². The van der Waals surface area contributed by atoms with E-state index in [4.69, 9.17) is 0 Å². The molecular weight excluding hydrogens is 404 g/mol. The van der Waals surface area contributed by atoms with Gasteiger partial charge in [0, 0.05) is 5.41 Å². The fourth-order valence-electron chi connectivity index (χ4n) is 9.59. The van der Waals surface area contributed by atoms with Crippen LogP contribution >= 0.6 is 0 Å². The average molecular weight is 457 g/mol. The molecule has 3 fully saturated rings. The minimum atomic E-state index is -0.723. The quantitative estimate of drug-likeness (QED) is 0.425. The second-order valence-corrected chi connectivity index (χ2v) is 15.2. The van der Waals surface area contributed by atoms with Crippen molar-refractivity contribution < 1.29 is 10.2 Å². The van der Waals surface area contributed by atoms with Crippen molar-refractivity contribution in [1.82, 2.24) is 0 Å². The molecule has 7 atom stereocenters. The molecule has 0 aromatic carbocycles. The van der Waals surface area contributed by atoms with Gasteiger partial charge in [0.25, 0.3) is 0 Å². The van der Waals surface area contributed by atoms with Crippen LogP contribution in [0.4, 0.5) is 0 Å². The summed E-state index contributed by atoms with van der Waals surface area (Å²) < 4.78 is 0. The van der Waals surface area contributed by atoms with Gasteiger partial charge in [0.2, 0.25) is 0 Å². The van der Waals surface area contributed by atoms with Crippen molar-refractivity contribution in [3.8, 4) is 0 Å². The number of aliphatic hydroxyl groups excluding tert-OH is 1. The Bertz CT molecular complexity index is 845. The summed E-state index contributed by atoms with van der Waals surface area (Å²) in [5, 5.41) is 21.0. The van der Waals surface area contributed by atoms with Crippen LogP contribution in [0.5, 0.6) is 0 Å². The Kier molecular flexibility index (Phi) is 5.76. The number of rotatable bonds is 3. The fourth-order valence-corrected chi connectivity index (χ4v) is 9.59. The van der Waals surface area contributed by atoms with Crippen molar-refractivity contribution in [2.75, 3.05) is 0 Å². The van der Waals surface area contributed by atoms with E-state index in [2.05, 4.69) is 60.6 Å². The minimum Gasteiger partial charge on any atom is -0.392 e. The molecule has 2 heteroatoms. The molecule has 0 radical (unpaired) electrons. The third kappa shape index (κ3) is 3.64. The second-order valence-electron chi connectivity index (χ2n) is 15.2. The minimum absolute atomic E-state index is 0.111. The molecule has 0 aliphatic heterocycles. The molecule has 33 heavy (non-hydrogen) atoms. The molecule has 0 aromatic rings. The largest absolute Gasteiger partial charge is 0.392 e. The molecule has 3 saturated carbocycles. The van der Waals surface area contributed by atoms with Gasteiger partial charge in [0.15, 0.2) is 0 Å². The lowest BCUT2D eigenvalue weighted by atomic mass is 9.32. The van der Waals surface area contributed by atoms with Crippen molar-refractivity contribution in [3.63, 3.8) is 0 Å². The number of allylic oxidation sites excluding steroid dienone is 2. The van der Waals surface area contributed by atoms with E-state index >= 15 is 0 Å². The number of hydrogen-bond acceptors (Lipinski definition) is 2. The van der Waals surface area contributed by atoms with Crippen LogP contribution < -0.4 is 0 Å². The van der Waals surface area contributed by atoms with E-state index < -0.39 is 5.60 Å². The van der Waals surface area contributed by atoms with Crippen molar-refractivity contribution in [2.24, 2.45) is 38.4 Å². The Balaban J connectivity index is 1.66. The molecule has 0 spiro atoms. The molecule has 0 saturated heterocycles. The molecule has 0 bridgehead atoms. The smallest absolute Gasteiger partial charge is 0.0771 e. The predicted octanol–water partition coefficient (Wildman–Crippen LogP) is 7.84. The Hall–Kier alpha value is -0.600. The van der Waals surface area contributed by atoms with Gasteiger partial charge in [-0.25, -0.2) is 0 Å². The summed E-state index contributed by atoms with van der Waals surface area (Å²) in [6, 6.07) is 0. The molecule has 0 heterocycles. The normalized spacial score (nSPS) is 49.7. The molecule has 0 amide bonds. The first-order chi connectivity index (χ1) is 14.9. The maximum absolute atomic E-state index is 10.9. The van der Waals surface area contributed by atoms with E-state index in [-0.39, 0.29) is 16.9 Å². The maximum Gasteiger partial charge on any atom is 0.0771 e. The van der Waals surface area contributed by atoms with Crippen LogP contribution in [0.25, 0.3) is 0 Å². The van der Waals surface area contributed by atoms with Crippen LogP contribution in [-0.4, -0.2) is 21.9 Å². The Labute approximate surface area is 204 Å². The van der Waals surface area contributed by atoms with Gasteiger partial charge >= 0.3 is 0 Å². The van der Waals surface area contributed by atoms with Gasteiger partial charge < -0.3 is 10.2 Å². The topological polar surface area (TPSA) is 40.5 Å². The lowest BCUT2D eigenvalue weighted by molar-refractivity contribution is -0.203. The van der Waals surface area contributed by atoms with Gasteiger partial charge in [-0.3, -0.25) is 0 Å². The molecule has 2 nitrogen and oxygen atoms in total. The molecule has 0 unspecified atom stereocenters. The van der Waals surface area contributed by atoms with Crippen molar-refractivity contribution in [1.29, 1.82) is 0 Å². The van der Waals surface area contributed by atoms with E-state index in [9.17, 15) is 10.2 Å². The van der Waals surface area contributed by atoms with Crippen molar-refractivity contribution >= 4 is 0 Å². The fraction of sp³-hybridized carbons (Fsp3) is 0.871. The van der Waals surface area contributed by atoms with E-state index in [0.717, 1.165) is 19.3 Å². The number of hydrogen-bond donors (Lipinski definition) is 2. The third-order valence-electron chi connectivity index (χ3n) is 12.2. The Morgan fingerprint density at radius 1 is 0.939 bits per heavy atom. The van der Waals surface area contributed by atoms with Crippen LogP contribution in [-0.2, 0) is 0 Å². The van der Waals surface area contributed by atoms with Crippen LogP contribution in [0.2, 0.25) is 0 Å². The van der Waals surface area contributed by atoms with Gasteiger partial charge in [-0.05, 0) is 105 Å². The first-order valence-electron chi connectivity index (χ1n) is 13.7. The van der Waals surface area contributed by atoms with Crippen molar-refractivity contribution in [3.05, 3.63) is 23.8 Å². The lowest BCUT2D eigenvalue weighted by Crippen LogP contribution is -2.64. The summed E-state index contributed by atoms with van der Waals surface area (Å²) in [6.07, 6.45) is 17.4. The number of aliphatic hydroxyl groups is 2. The molecule has 4 aliphatic rings. The summed E-state index contributed by atoms with van der Waals surface area (Å²) in [5.74, 6) is 0.708. The predicted molar refractivity (Wildman–Crippen MR) is 139 cm³/mol. The zero-order valence-corrected chi connectivity index (χ0v) is 23.1. The maximum atomic E-state index is 10.9. The monoisotopic (exact) mass is 456 g/mol. The highest BCUT2D eigenvalue weighted by molar-refractivity contribution is 5.34. The van der Waals surface area contributed by atoms with Crippen molar-refractivity contribution in [2.45, 2.75) is 132 Å². The molecule has 4 rings (SSSR count). The third-order valence-corrected chi connectivity index (χ3v) is 12.2. The highest BCUT2D eigenvalue weighted by atomic mass is 16.3. The average Bonchev–Trinajstić information content (AvgIpc) is 2.67. The summed E-state index contributed by atoms with van der Waals surface area (Å²) in [7, 11) is 0. The van der Waals surface area contributed by atoms with Crippen LogP contribution in [0.1, 0.15) is 120 Å². The Morgan fingerprint density at radius 3 is 2.21 bits per heavy atom. The van der Waals surface area contributed by atoms with Gasteiger partial charge in [0.1, 0.15) is 0 Å². The first-order valence-corrected chi connectivity index (χ1v) is 13.7. The van der Waals surface area contributed by atoms with Gasteiger partial charge in [0.05, 0.1) is 11.7 Å². The second kappa shape index (κ2) is 7.45. The molecular formula is C31H52O2. The Morgan fingerprint density at radius 2 is 1.58 bits per heavy atom. The van der Waals surface area contributed by atoms with Gasteiger partial charge in [-0.1, -0.05) is 72.3 Å². The van der Waals surface area contributed by atoms with Crippen LogP contribution in [0.3, 0.4) is 0 Å². The summed E-state index contributed by atoms with van der Waals surface area (Å²) in [5.41, 5.74) is 2.25. The van der Waals surface area contributed by atoms with Gasteiger partial charge in [-0.15, -0.1) is 0 Å². The summed E-state index contributed by atoms with van der Waals surface area (Å²) in [6.45, 7) is 21.2. The first kappa shape index (κ1) is 25.5. The standard InChI is InChI=1S/C31H52O2/c1-25(2,33)14-10-15-27(5)17-19-29(7)23-12-11-22-26(3,4)24(32)13-16-30(22,8)31(23,9)20-18-28(29,6)21-27/h10-11,14,23-24,32-33H,12-13,15-21H2,1-9H3/b14-10+/t23-,24+,27-,28+,29-,30-,31-/m1/s1. The molecule has 0 aromatic heterocycles. The van der Waals surface area contributed by atoms with E-state index in [1.807, 2.05) is 19.9 Å². The highest BCUT2D eigenvalue weighted by Crippen LogP contribution is 2.76. The molecule has 4 aliphatic carbocycles. The number of fused-ring (bicyclic) bond motifs is 5.